The second-order valence-electron chi connectivity index (χ2n) is 4.87. The molecule has 7 heteroatoms. The predicted molar refractivity (Wildman–Crippen MR) is 75.4 cm³/mol. The summed E-state index contributed by atoms with van der Waals surface area (Å²) in [5.74, 6) is 0. The van der Waals surface area contributed by atoms with Crippen LogP contribution in [-0.4, -0.2) is 12.1 Å². The number of hydrogen-bond acceptors (Lipinski definition) is 3. The summed E-state index contributed by atoms with van der Waals surface area (Å²) in [7, 11) is 0. The van der Waals surface area contributed by atoms with Crippen molar-refractivity contribution in [1.29, 1.82) is 0 Å². The lowest BCUT2D eigenvalue weighted by Crippen LogP contribution is -2.17. The van der Waals surface area contributed by atoms with Crippen LogP contribution in [0.1, 0.15) is 31.9 Å². The van der Waals surface area contributed by atoms with Crippen molar-refractivity contribution in [3.8, 4) is 0 Å². The largest absolute Gasteiger partial charge is 0.462 e. The van der Waals surface area contributed by atoms with Crippen LogP contribution in [0.15, 0.2) is 18.2 Å². The Labute approximate surface area is 124 Å². The number of rotatable bonds is 2. The van der Waals surface area contributed by atoms with Crippen molar-refractivity contribution in [1.82, 2.24) is 0 Å². The third kappa shape index (κ3) is 7.37. The van der Waals surface area contributed by atoms with Crippen molar-refractivity contribution < 1.29 is 22.7 Å². The van der Waals surface area contributed by atoms with E-state index in [1.165, 1.54) is 12.1 Å². The molecule has 20 heavy (non-hydrogen) atoms. The summed E-state index contributed by atoms with van der Waals surface area (Å²) in [6.45, 7) is 5.92. The number of anilines is 1. The van der Waals surface area contributed by atoms with Crippen LogP contribution in [0.2, 0.25) is 0 Å². The first kappa shape index (κ1) is 18.8. The number of halogens is 4. The second-order valence-corrected chi connectivity index (χ2v) is 5.44. The maximum atomic E-state index is 12.3. The summed E-state index contributed by atoms with van der Waals surface area (Å²) in [6, 6.07) is 3.76. The lowest BCUT2D eigenvalue weighted by Gasteiger charge is -2.14. The number of carbonyl (C=O) groups excluding carboxylic acids is 1. The molecule has 0 spiro atoms. The lowest BCUT2D eigenvalue weighted by atomic mass is 10.1. The molecule has 0 aliphatic heterocycles. The van der Waals surface area contributed by atoms with E-state index in [1.54, 1.807) is 0 Å². The van der Waals surface area contributed by atoms with Crippen molar-refractivity contribution in [3.63, 3.8) is 0 Å². The first-order chi connectivity index (χ1) is 9.01. The van der Waals surface area contributed by atoms with Gasteiger partial charge in [-0.05, 0) is 38.5 Å². The highest BCUT2D eigenvalue weighted by Gasteiger charge is 2.32. The lowest BCUT2D eigenvalue weighted by molar-refractivity contribution is -0.139. The Hall–Kier alpha value is -1.24. The number of carbonyl (C=O) groups is 1. The Balaban J connectivity index is 0.000000441. The van der Waals surface area contributed by atoms with Crippen LogP contribution in [0.5, 0.6) is 0 Å². The monoisotopic (exact) mass is 355 g/mol. The van der Waals surface area contributed by atoms with Gasteiger partial charge in [-0.1, -0.05) is 22.0 Å². The van der Waals surface area contributed by atoms with Gasteiger partial charge in [0.15, 0.2) is 0 Å². The van der Waals surface area contributed by atoms with Gasteiger partial charge in [-0.25, -0.2) is 0 Å². The Bertz CT molecular complexity index is 442. The highest BCUT2D eigenvalue weighted by Crippen LogP contribution is 2.34. The van der Waals surface area contributed by atoms with Gasteiger partial charge in [0.05, 0.1) is 5.56 Å². The van der Waals surface area contributed by atoms with E-state index in [9.17, 15) is 18.0 Å². The quantitative estimate of drug-likeness (QED) is 0.492. The fourth-order valence-corrected chi connectivity index (χ4v) is 1.61. The minimum atomic E-state index is -4.33. The molecule has 0 unspecified atom stereocenters. The smallest absolute Gasteiger partial charge is 0.416 e. The van der Waals surface area contributed by atoms with E-state index in [1.807, 2.05) is 20.8 Å². The average molecular weight is 356 g/mol. The molecule has 0 bridgehead atoms. The zero-order chi connectivity index (χ0) is 16.0. The van der Waals surface area contributed by atoms with E-state index in [4.69, 9.17) is 5.73 Å². The number of nitrogen functional groups attached to an aromatic ring is 1. The van der Waals surface area contributed by atoms with Crippen LogP contribution in [0.4, 0.5) is 18.9 Å². The molecule has 0 aliphatic carbocycles. The van der Waals surface area contributed by atoms with Crippen LogP contribution in [0, 0.1) is 0 Å². The molecule has 3 nitrogen and oxygen atoms in total. The summed E-state index contributed by atoms with van der Waals surface area (Å²) >= 11 is 2.98. The third-order valence-electron chi connectivity index (χ3n) is 1.98. The second kappa shape index (κ2) is 7.52. The predicted octanol–water partition coefficient (Wildman–Crippen LogP) is 4.14. The minimum absolute atomic E-state index is 0.122. The van der Waals surface area contributed by atoms with Crippen LogP contribution in [0.3, 0.4) is 0 Å². The normalized spacial score (nSPS) is 11.3. The number of hydrogen-bond donors (Lipinski definition) is 1. The van der Waals surface area contributed by atoms with E-state index >= 15 is 0 Å². The average Bonchev–Trinajstić information content (AvgIpc) is 2.27. The Morgan fingerprint density at radius 3 is 2.15 bits per heavy atom. The maximum Gasteiger partial charge on any atom is 0.416 e. The molecule has 0 fully saturated rings. The number of alkyl halides is 4. The molecule has 0 aromatic heterocycles. The molecule has 0 atom stereocenters. The zero-order valence-corrected chi connectivity index (χ0v) is 13.0. The molecule has 2 N–H and O–H groups in total. The van der Waals surface area contributed by atoms with E-state index in [0.29, 0.717) is 6.47 Å². The van der Waals surface area contributed by atoms with Gasteiger partial charge in [0, 0.05) is 11.0 Å². The summed E-state index contributed by atoms with van der Waals surface area (Å²) in [4.78, 5) is 9.60. The van der Waals surface area contributed by atoms with Crippen molar-refractivity contribution in [2.45, 2.75) is 37.9 Å². The van der Waals surface area contributed by atoms with Gasteiger partial charge in [0.25, 0.3) is 6.47 Å². The zero-order valence-electron chi connectivity index (χ0n) is 11.4. The standard InChI is InChI=1S/C8H7BrF3N.C5H10O2/c9-4-5-1-2-6(13)3-7(5)8(10,11)12;1-5(2,3)7-4-6/h1-3H,4,13H2;4H,1-3H3. The molecule has 114 valence electrons. The highest BCUT2D eigenvalue weighted by molar-refractivity contribution is 9.08. The Morgan fingerprint density at radius 1 is 1.30 bits per heavy atom. The van der Waals surface area contributed by atoms with Crippen LogP contribution >= 0.6 is 15.9 Å². The van der Waals surface area contributed by atoms with Crippen molar-refractivity contribution >= 4 is 28.1 Å². The minimum Gasteiger partial charge on any atom is -0.462 e. The van der Waals surface area contributed by atoms with Gasteiger partial charge >= 0.3 is 6.18 Å². The number of ether oxygens (including phenoxy) is 1. The number of nitrogens with two attached hydrogens (primary N) is 1. The Kier molecular flexibility index (Phi) is 7.05. The van der Waals surface area contributed by atoms with Crippen LogP contribution in [-0.2, 0) is 21.0 Å². The summed E-state index contributed by atoms with van der Waals surface area (Å²) in [5, 5.41) is 0.169. The van der Waals surface area contributed by atoms with Crippen molar-refractivity contribution in [3.05, 3.63) is 29.3 Å². The molecule has 1 rings (SSSR count). The van der Waals surface area contributed by atoms with Gasteiger partial charge in [-0.2, -0.15) is 13.2 Å². The van der Waals surface area contributed by atoms with Gasteiger partial charge < -0.3 is 10.5 Å². The van der Waals surface area contributed by atoms with Gasteiger partial charge in [-0.15, -0.1) is 0 Å². The molecule has 1 aromatic rings. The van der Waals surface area contributed by atoms with E-state index in [2.05, 4.69) is 20.7 Å². The molecular formula is C13H17BrF3NO2. The van der Waals surface area contributed by atoms with Crippen LogP contribution < -0.4 is 5.73 Å². The van der Waals surface area contributed by atoms with E-state index in [0.717, 1.165) is 6.07 Å². The van der Waals surface area contributed by atoms with Gasteiger partial charge in [-0.3, -0.25) is 4.79 Å². The summed E-state index contributed by atoms with van der Waals surface area (Å²) in [6.07, 6.45) is -4.33. The Morgan fingerprint density at radius 2 is 1.85 bits per heavy atom. The van der Waals surface area contributed by atoms with Crippen molar-refractivity contribution in [2.75, 3.05) is 5.73 Å². The van der Waals surface area contributed by atoms with E-state index < -0.39 is 11.7 Å². The molecule has 0 radical (unpaired) electrons. The molecule has 0 saturated carbocycles. The highest BCUT2D eigenvalue weighted by atomic mass is 79.9. The topological polar surface area (TPSA) is 52.3 Å². The van der Waals surface area contributed by atoms with Crippen molar-refractivity contribution in [2.24, 2.45) is 0 Å². The molecule has 1 aromatic carbocycles. The fourth-order valence-electron chi connectivity index (χ4n) is 1.12. The maximum absolute atomic E-state index is 12.3. The fraction of sp³-hybridized carbons (Fsp3) is 0.462. The molecular weight excluding hydrogens is 339 g/mol. The summed E-state index contributed by atoms with van der Waals surface area (Å²) < 4.78 is 41.6. The number of benzene rings is 1. The SMILES string of the molecule is CC(C)(C)OC=O.Nc1ccc(CBr)c(C(F)(F)F)c1. The third-order valence-corrected chi connectivity index (χ3v) is 2.59. The molecule has 0 aliphatic rings. The molecule has 0 saturated heterocycles. The summed E-state index contributed by atoms with van der Waals surface area (Å²) in [5.41, 5.74) is 4.59. The van der Waals surface area contributed by atoms with Crippen LogP contribution in [0.25, 0.3) is 0 Å². The van der Waals surface area contributed by atoms with Gasteiger partial charge in [0.1, 0.15) is 5.60 Å². The first-order valence-corrected chi connectivity index (χ1v) is 6.76. The van der Waals surface area contributed by atoms with Gasteiger partial charge in [0.2, 0.25) is 0 Å². The molecule has 0 amide bonds. The van der Waals surface area contributed by atoms with E-state index in [-0.39, 0.29) is 22.2 Å². The molecule has 0 heterocycles. The first-order valence-electron chi connectivity index (χ1n) is 5.64.